The third kappa shape index (κ3) is 2.59. The quantitative estimate of drug-likeness (QED) is 0.660. The second-order valence-electron chi connectivity index (χ2n) is 4.59. The van der Waals surface area contributed by atoms with E-state index in [4.69, 9.17) is 0 Å². The Morgan fingerprint density at radius 1 is 1.44 bits per heavy atom. The van der Waals surface area contributed by atoms with Gasteiger partial charge in [0.25, 0.3) is 0 Å². The number of piperazine rings is 1. The van der Waals surface area contributed by atoms with Crippen molar-refractivity contribution < 1.29 is 9.59 Å². The third-order valence-corrected chi connectivity index (χ3v) is 3.33. The number of Topliss-reactive ketones (excluding diaryl/α,β-unsaturated/α-hetero) is 1. The maximum atomic E-state index is 11.4. The highest BCUT2D eigenvalue weighted by Gasteiger charge is 2.33. The molecule has 0 saturated carbocycles. The predicted octanol–water partition coefficient (Wildman–Crippen LogP) is -0.918. The van der Waals surface area contributed by atoms with E-state index in [-0.39, 0.29) is 17.7 Å². The van der Waals surface area contributed by atoms with E-state index in [1.54, 1.807) is 11.8 Å². The van der Waals surface area contributed by atoms with Crippen molar-refractivity contribution in [3.8, 4) is 0 Å². The summed E-state index contributed by atoms with van der Waals surface area (Å²) in [7, 11) is 0. The number of likely N-dealkylation sites (tertiary alicyclic amines) is 1. The number of carbonyl (C=O) groups is 2. The number of hydrogen-bond acceptors (Lipinski definition) is 4. The van der Waals surface area contributed by atoms with Gasteiger partial charge >= 0.3 is 0 Å². The van der Waals surface area contributed by atoms with Crippen LogP contribution in [0, 0.1) is 0 Å². The van der Waals surface area contributed by atoms with Crippen molar-refractivity contribution in [2.75, 3.05) is 39.3 Å². The van der Waals surface area contributed by atoms with Gasteiger partial charge < -0.3 is 10.2 Å². The molecular weight excluding hydrogens is 206 g/mol. The van der Waals surface area contributed by atoms with E-state index in [2.05, 4.69) is 10.2 Å². The van der Waals surface area contributed by atoms with Crippen LogP contribution in [0.4, 0.5) is 0 Å². The molecule has 2 heterocycles. The highest BCUT2D eigenvalue weighted by molar-refractivity contribution is 5.89. The molecule has 2 fully saturated rings. The molecule has 5 heteroatoms. The van der Waals surface area contributed by atoms with E-state index in [0.717, 1.165) is 32.7 Å². The normalized spacial score (nSPS) is 27.4. The predicted molar refractivity (Wildman–Crippen MR) is 60.1 cm³/mol. The van der Waals surface area contributed by atoms with E-state index in [0.29, 0.717) is 13.0 Å². The first kappa shape index (κ1) is 11.5. The van der Waals surface area contributed by atoms with Crippen LogP contribution in [-0.2, 0) is 9.59 Å². The summed E-state index contributed by atoms with van der Waals surface area (Å²) in [6.07, 6.45) is 0.531. The smallest absolute Gasteiger partial charge is 0.220 e. The summed E-state index contributed by atoms with van der Waals surface area (Å²) in [6, 6.07) is 0.100. The molecule has 2 rings (SSSR count). The lowest BCUT2D eigenvalue weighted by Gasteiger charge is -2.32. The maximum absolute atomic E-state index is 11.4. The standard InChI is InChI=1S/C11H19N3O2/c1-9(15)14-8-11(16)6-10(14)7-13-4-2-12-3-5-13/h10,12H,2-8H2,1H3. The fourth-order valence-corrected chi connectivity index (χ4v) is 2.48. The largest absolute Gasteiger partial charge is 0.331 e. The molecule has 0 aliphatic carbocycles. The molecule has 90 valence electrons. The minimum absolute atomic E-state index is 0.0194. The van der Waals surface area contributed by atoms with Crippen molar-refractivity contribution in [2.45, 2.75) is 19.4 Å². The molecule has 1 unspecified atom stereocenters. The van der Waals surface area contributed by atoms with E-state index >= 15 is 0 Å². The number of nitrogens with one attached hydrogen (secondary N) is 1. The van der Waals surface area contributed by atoms with Crippen LogP contribution < -0.4 is 5.32 Å². The van der Waals surface area contributed by atoms with Gasteiger partial charge in [0.1, 0.15) is 0 Å². The second kappa shape index (κ2) is 4.93. The molecule has 0 aromatic rings. The average Bonchev–Trinajstić information content (AvgIpc) is 2.61. The van der Waals surface area contributed by atoms with Crippen molar-refractivity contribution in [3.63, 3.8) is 0 Å². The first-order chi connectivity index (χ1) is 7.66. The minimum atomic E-state index is 0.0194. The Bertz CT molecular complexity index is 287. The monoisotopic (exact) mass is 225 g/mol. The van der Waals surface area contributed by atoms with Crippen LogP contribution in [0.3, 0.4) is 0 Å². The average molecular weight is 225 g/mol. The molecule has 2 aliphatic rings. The molecule has 2 aliphatic heterocycles. The fourth-order valence-electron chi connectivity index (χ4n) is 2.48. The van der Waals surface area contributed by atoms with Gasteiger partial charge in [-0.25, -0.2) is 0 Å². The molecule has 0 radical (unpaired) electrons. The van der Waals surface area contributed by atoms with Gasteiger partial charge in [0.2, 0.25) is 5.91 Å². The van der Waals surface area contributed by atoms with Gasteiger partial charge in [-0.1, -0.05) is 0 Å². The van der Waals surface area contributed by atoms with Gasteiger partial charge in [-0.3, -0.25) is 14.5 Å². The van der Waals surface area contributed by atoms with E-state index in [9.17, 15) is 9.59 Å². The lowest BCUT2D eigenvalue weighted by molar-refractivity contribution is -0.131. The molecule has 0 spiro atoms. The Hall–Kier alpha value is -0.940. The van der Waals surface area contributed by atoms with Crippen molar-refractivity contribution in [2.24, 2.45) is 0 Å². The lowest BCUT2D eigenvalue weighted by Crippen LogP contribution is -2.49. The van der Waals surface area contributed by atoms with Crippen molar-refractivity contribution in [3.05, 3.63) is 0 Å². The molecule has 5 nitrogen and oxygen atoms in total. The number of nitrogens with zero attached hydrogens (tertiary/aromatic N) is 2. The fraction of sp³-hybridized carbons (Fsp3) is 0.818. The summed E-state index contributed by atoms with van der Waals surface area (Å²) in [4.78, 5) is 26.8. The van der Waals surface area contributed by atoms with Crippen LogP contribution >= 0.6 is 0 Å². The van der Waals surface area contributed by atoms with Crippen LogP contribution in [-0.4, -0.2) is 66.8 Å². The van der Waals surface area contributed by atoms with Crippen molar-refractivity contribution in [1.29, 1.82) is 0 Å². The summed E-state index contributed by atoms with van der Waals surface area (Å²) in [5.74, 6) is 0.210. The minimum Gasteiger partial charge on any atom is -0.331 e. The zero-order valence-electron chi connectivity index (χ0n) is 9.74. The zero-order chi connectivity index (χ0) is 11.5. The molecule has 0 bridgehead atoms. The number of hydrogen-bond donors (Lipinski definition) is 1. The van der Waals surface area contributed by atoms with Crippen molar-refractivity contribution in [1.82, 2.24) is 15.1 Å². The van der Waals surface area contributed by atoms with Gasteiger partial charge in [0, 0.05) is 46.1 Å². The molecule has 0 aromatic heterocycles. The summed E-state index contributed by atoms with van der Waals surface area (Å²) >= 11 is 0. The van der Waals surface area contributed by atoms with Crippen LogP contribution in [0.1, 0.15) is 13.3 Å². The summed E-state index contributed by atoms with van der Waals surface area (Å²) in [5, 5.41) is 3.29. The summed E-state index contributed by atoms with van der Waals surface area (Å²) < 4.78 is 0. The van der Waals surface area contributed by atoms with Gasteiger partial charge in [0.05, 0.1) is 12.6 Å². The first-order valence-corrected chi connectivity index (χ1v) is 5.89. The molecular formula is C11H19N3O2. The Morgan fingerprint density at radius 2 is 2.12 bits per heavy atom. The molecule has 2 saturated heterocycles. The van der Waals surface area contributed by atoms with Gasteiger partial charge in [0.15, 0.2) is 5.78 Å². The van der Waals surface area contributed by atoms with Crippen LogP contribution in [0.25, 0.3) is 0 Å². The van der Waals surface area contributed by atoms with E-state index in [1.165, 1.54) is 0 Å². The Kier molecular flexibility index (Phi) is 3.56. The maximum Gasteiger partial charge on any atom is 0.220 e. The van der Waals surface area contributed by atoms with Gasteiger partial charge in [-0.2, -0.15) is 0 Å². The van der Waals surface area contributed by atoms with Crippen LogP contribution in [0.15, 0.2) is 0 Å². The molecule has 1 N–H and O–H groups in total. The SMILES string of the molecule is CC(=O)N1CC(=O)CC1CN1CCNCC1. The number of ketones is 1. The molecule has 0 aromatic carbocycles. The molecule has 1 amide bonds. The number of rotatable bonds is 2. The highest BCUT2D eigenvalue weighted by Crippen LogP contribution is 2.16. The number of carbonyl (C=O) groups excluding carboxylic acids is 2. The van der Waals surface area contributed by atoms with Crippen LogP contribution in [0.2, 0.25) is 0 Å². The van der Waals surface area contributed by atoms with Gasteiger partial charge in [-0.15, -0.1) is 0 Å². The third-order valence-electron chi connectivity index (χ3n) is 3.33. The van der Waals surface area contributed by atoms with Crippen LogP contribution in [0.5, 0.6) is 0 Å². The van der Waals surface area contributed by atoms with E-state index < -0.39 is 0 Å². The van der Waals surface area contributed by atoms with E-state index in [1.807, 2.05) is 0 Å². The number of amides is 1. The van der Waals surface area contributed by atoms with Gasteiger partial charge in [-0.05, 0) is 0 Å². The Morgan fingerprint density at radius 3 is 2.75 bits per heavy atom. The summed E-state index contributed by atoms with van der Waals surface area (Å²) in [5.41, 5.74) is 0. The van der Waals surface area contributed by atoms with Crippen molar-refractivity contribution >= 4 is 11.7 Å². The second-order valence-corrected chi connectivity index (χ2v) is 4.59. The Labute approximate surface area is 95.8 Å². The zero-order valence-corrected chi connectivity index (χ0v) is 9.74. The summed E-state index contributed by atoms with van der Waals surface area (Å²) in [6.45, 7) is 6.72. The molecule has 16 heavy (non-hydrogen) atoms. The lowest BCUT2D eigenvalue weighted by atomic mass is 10.2. The first-order valence-electron chi connectivity index (χ1n) is 5.89. The Balaban J connectivity index is 1.91. The molecule has 1 atom stereocenters. The highest BCUT2D eigenvalue weighted by atomic mass is 16.2. The topological polar surface area (TPSA) is 52.7 Å².